The van der Waals surface area contributed by atoms with Crippen LogP contribution < -0.4 is 5.32 Å². The monoisotopic (exact) mass is 454 g/mol. The third kappa shape index (κ3) is 4.08. The van der Waals surface area contributed by atoms with Crippen molar-refractivity contribution in [2.75, 3.05) is 18.4 Å². The van der Waals surface area contributed by atoms with E-state index in [0.29, 0.717) is 18.8 Å². The summed E-state index contributed by atoms with van der Waals surface area (Å²) in [5.41, 5.74) is 3.21. The molecule has 0 saturated carbocycles. The molecule has 8 heteroatoms. The number of benzene rings is 2. The number of nitrogens with zero attached hydrogens (tertiary/aromatic N) is 5. The Morgan fingerprint density at radius 1 is 1.12 bits per heavy atom. The molecule has 0 aliphatic carbocycles. The zero-order chi connectivity index (χ0) is 23.7. The van der Waals surface area contributed by atoms with Crippen LogP contribution in [-0.2, 0) is 7.05 Å². The van der Waals surface area contributed by atoms with Gasteiger partial charge in [0.2, 0.25) is 0 Å². The molecule has 2 aromatic heterocycles. The number of likely N-dealkylation sites (tertiary alicyclic amines) is 1. The van der Waals surface area contributed by atoms with Crippen LogP contribution in [0.5, 0.6) is 0 Å². The molecule has 0 bridgehead atoms. The summed E-state index contributed by atoms with van der Waals surface area (Å²) < 4.78 is 15.6. The second-order valence-electron chi connectivity index (χ2n) is 8.53. The summed E-state index contributed by atoms with van der Waals surface area (Å²) in [6.07, 6.45) is 8.42. The van der Waals surface area contributed by atoms with Gasteiger partial charge in [-0.1, -0.05) is 6.07 Å². The van der Waals surface area contributed by atoms with Crippen molar-refractivity contribution < 1.29 is 9.18 Å². The maximum absolute atomic E-state index is 13.9. The number of amides is 1. The summed E-state index contributed by atoms with van der Waals surface area (Å²) in [4.78, 5) is 23.0. The number of aromatic nitrogens is 3. The smallest absolute Gasteiger partial charge is 0.272 e. The number of anilines is 1. The van der Waals surface area contributed by atoms with E-state index in [1.807, 2.05) is 42.4 Å². The van der Waals surface area contributed by atoms with Crippen molar-refractivity contribution in [3.05, 3.63) is 78.4 Å². The number of aryl methyl sites for hydroxylation is 1. The molecule has 1 aliphatic rings. The molecule has 1 N–H and O–H groups in total. The van der Waals surface area contributed by atoms with Crippen LogP contribution in [0, 0.1) is 17.1 Å². The van der Waals surface area contributed by atoms with E-state index in [-0.39, 0.29) is 17.5 Å². The predicted molar refractivity (Wildman–Crippen MR) is 128 cm³/mol. The fourth-order valence-corrected chi connectivity index (χ4v) is 4.45. The third-order valence-corrected chi connectivity index (χ3v) is 6.35. The van der Waals surface area contributed by atoms with Gasteiger partial charge in [0.05, 0.1) is 18.1 Å². The van der Waals surface area contributed by atoms with Crippen LogP contribution in [0.2, 0.25) is 0 Å². The van der Waals surface area contributed by atoms with Gasteiger partial charge in [-0.15, -0.1) is 0 Å². The Labute approximate surface area is 196 Å². The minimum Gasteiger partial charge on any atom is -0.382 e. The number of nitriles is 1. The van der Waals surface area contributed by atoms with Crippen molar-refractivity contribution in [1.82, 2.24) is 19.4 Å². The minimum absolute atomic E-state index is 0.000274. The predicted octanol–water partition coefficient (Wildman–Crippen LogP) is 4.36. The number of piperidine rings is 1. The number of imidazole rings is 1. The van der Waals surface area contributed by atoms with E-state index in [2.05, 4.69) is 15.3 Å². The summed E-state index contributed by atoms with van der Waals surface area (Å²) in [5, 5.41) is 14.9. The number of hydrogen-bond acceptors (Lipinski definition) is 5. The summed E-state index contributed by atoms with van der Waals surface area (Å²) in [7, 11) is 1.82. The molecule has 170 valence electrons. The molecular weight excluding hydrogens is 431 g/mol. The van der Waals surface area contributed by atoms with Crippen molar-refractivity contribution in [2.24, 2.45) is 7.05 Å². The van der Waals surface area contributed by atoms with E-state index < -0.39 is 5.82 Å². The quantitative estimate of drug-likeness (QED) is 0.495. The average molecular weight is 455 g/mol. The van der Waals surface area contributed by atoms with Gasteiger partial charge >= 0.3 is 0 Å². The van der Waals surface area contributed by atoms with E-state index in [4.69, 9.17) is 0 Å². The van der Waals surface area contributed by atoms with E-state index in [1.165, 1.54) is 6.07 Å². The van der Waals surface area contributed by atoms with Crippen molar-refractivity contribution in [2.45, 2.75) is 18.9 Å². The number of carbonyl (C=O) groups excluding carboxylic acids is 1. The standard InChI is InChI=1S/C26H23FN6O/c1-32-16-30-15-25(32)26(34)33-8-5-21(6-9-33)31-24-12-19(11-18-4-7-29-14-22(18)24)17-2-3-23(27)20(10-17)13-28/h2-4,7,10-12,14-16,21,31H,5-6,8-9H2,1H3. The highest BCUT2D eigenvalue weighted by Crippen LogP contribution is 2.32. The van der Waals surface area contributed by atoms with Gasteiger partial charge in [-0.05, 0) is 59.7 Å². The van der Waals surface area contributed by atoms with Gasteiger partial charge in [0, 0.05) is 49.6 Å². The van der Waals surface area contributed by atoms with Crippen LogP contribution in [0.3, 0.4) is 0 Å². The third-order valence-electron chi connectivity index (χ3n) is 6.35. The summed E-state index contributed by atoms with van der Waals surface area (Å²) in [5.74, 6) is -0.526. The van der Waals surface area contributed by atoms with Crippen molar-refractivity contribution >= 4 is 22.4 Å². The molecule has 3 heterocycles. The van der Waals surface area contributed by atoms with E-state index in [0.717, 1.165) is 40.4 Å². The van der Waals surface area contributed by atoms with Crippen LogP contribution in [0.15, 0.2) is 61.3 Å². The Kier molecular flexibility index (Phi) is 5.68. The first kappa shape index (κ1) is 21.6. The fraction of sp³-hybridized carbons (Fsp3) is 0.231. The molecule has 1 amide bonds. The van der Waals surface area contributed by atoms with Gasteiger partial charge in [0.15, 0.2) is 0 Å². The van der Waals surface area contributed by atoms with Gasteiger partial charge in [0.25, 0.3) is 5.91 Å². The molecular formula is C26H23FN6O. The molecule has 0 unspecified atom stereocenters. The number of carbonyl (C=O) groups is 1. The topological polar surface area (TPSA) is 86.8 Å². The van der Waals surface area contributed by atoms with E-state index >= 15 is 0 Å². The molecule has 7 nitrogen and oxygen atoms in total. The van der Waals surface area contributed by atoms with Gasteiger partial charge in [-0.2, -0.15) is 5.26 Å². The molecule has 4 aromatic rings. The van der Waals surface area contributed by atoms with Gasteiger partial charge in [-0.25, -0.2) is 9.37 Å². The fourth-order valence-electron chi connectivity index (χ4n) is 4.45. The SMILES string of the molecule is Cn1cncc1C(=O)N1CCC(Nc2cc(-c3ccc(F)c(C#N)c3)cc3ccncc23)CC1. The Morgan fingerprint density at radius 3 is 2.68 bits per heavy atom. The van der Waals surface area contributed by atoms with Crippen LogP contribution >= 0.6 is 0 Å². The van der Waals surface area contributed by atoms with E-state index in [9.17, 15) is 14.4 Å². The number of nitrogens with one attached hydrogen (secondary N) is 1. The minimum atomic E-state index is -0.526. The Hall–Kier alpha value is -4.25. The van der Waals surface area contributed by atoms with Crippen LogP contribution in [0.1, 0.15) is 28.9 Å². The Morgan fingerprint density at radius 2 is 1.94 bits per heavy atom. The summed E-state index contributed by atoms with van der Waals surface area (Å²) in [6.45, 7) is 1.31. The number of rotatable bonds is 4. The highest BCUT2D eigenvalue weighted by molar-refractivity contribution is 5.97. The molecule has 2 aromatic carbocycles. The first-order chi connectivity index (χ1) is 16.5. The lowest BCUT2D eigenvalue weighted by atomic mass is 9.98. The molecule has 1 fully saturated rings. The molecule has 0 spiro atoms. The van der Waals surface area contributed by atoms with E-state index in [1.54, 1.807) is 35.4 Å². The number of pyridine rings is 1. The lowest BCUT2D eigenvalue weighted by molar-refractivity contribution is 0.0709. The zero-order valence-electron chi connectivity index (χ0n) is 18.7. The van der Waals surface area contributed by atoms with Crippen LogP contribution in [-0.4, -0.2) is 44.5 Å². The van der Waals surface area contributed by atoms with Crippen LogP contribution in [0.4, 0.5) is 10.1 Å². The highest BCUT2D eigenvalue weighted by atomic mass is 19.1. The Bertz CT molecular complexity index is 1410. The first-order valence-corrected chi connectivity index (χ1v) is 11.1. The van der Waals surface area contributed by atoms with Gasteiger partial charge in [0.1, 0.15) is 17.6 Å². The summed E-state index contributed by atoms with van der Waals surface area (Å²) in [6, 6.07) is 12.7. The van der Waals surface area contributed by atoms with Gasteiger partial charge in [-0.3, -0.25) is 9.78 Å². The second-order valence-corrected chi connectivity index (χ2v) is 8.53. The van der Waals surface area contributed by atoms with Crippen LogP contribution in [0.25, 0.3) is 21.9 Å². The summed E-state index contributed by atoms with van der Waals surface area (Å²) >= 11 is 0. The molecule has 34 heavy (non-hydrogen) atoms. The zero-order valence-corrected chi connectivity index (χ0v) is 18.7. The molecule has 0 atom stereocenters. The normalized spacial score (nSPS) is 14.2. The molecule has 0 radical (unpaired) electrons. The number of hydrogen-bond donors (Lipinski definition) is 1. The van der Waals surface area contributed by atoms with Crippen molar-refractivity contribution in [1.29, 1.82) is 5.26 Å². The van der Waals surface area contributed by atoms with Crippen molar-refractivity contribution in [3.63, 3.8) is 0 Å². The molecule has 1 saturated heterocycles. The molecule has 1 aliphatic heterocycles. The second kappa shape index (κ2) is 8.94. The maximum Gasteiger partial charge on any atom is 0.272 e. The lowest BCUT2D eigenvalue weighted by Crippen LogP contribution is -2.42. The Balaban J connectivity index is 1.38. The average Bonchev–Trinajstić information content (AvgIpc) is 3.30. The number of halogens is 1. The highest BCUT2D eigenvalue weighted by Gasteiger charge is 2.25. The molecule has 5 rings (SSSR count). The van der Waals surface area contributed by atoms with Crippen molar-refractivity contribution in [3.8, 4) is 17.2 Å². The first-order valence-electron chi connectivity index (χ1n) is 11.1. The lowest BCUT2D eigenvalue weighted by Gasteiger charge is -2.33. The van der Waals surface area contributed by atoms with Gasteiger partial charge < -0.3 is 14.8 Å². The number of fused-ring (bicyclic) bond motifs is 1. The largest absolute Gasteiger partial charge is 0.382 e. The maximum atomic E-state index is 13.9.